The van der Waals surface area contributed by atoms with Crippen LogP contribution < -0.4 is 10.6 Å². The lowest BCUT2D eigenvalue weighted by atomic mass is 9.85. The summed E-state index contributed by atoms with van der Waals surface area (Å²) in [5, 5.41) is 6.78. The van der Waals surface area contributed by atoms with Gasteiger partial charge in [-0.25, -0.2) is 0 Å². The van der Waals surface area contributed by atoms with Crippen LogP contribution in [0.5, 0.6) is 0 Å². The molecule has 2 rings (SSSR count). The van der Waals surface area contributed by atoms with Gasteiger partial charge < -0.3 is 10.6 Å². The molecule has 88 valence electrons. The third kappa shape index (κ3) is 2.65. The van der Waals surface area contributed by atoms with E-state index in [0.29, 0.717) is 5.92 Å². The molecular weight excluding hydrogens is 264 g/mol. The minimum absolute atomic E-state index is 0.607. The van der Waals surface area contributed by atoms with Gasteiger partial charge in [0.2, 0.25) is 0 Å². The highest BCUT2D eigenvalue weighted by Gasteiger charge is 2.26. The van der Waals surface area contributed by atoms with Crippen LogP contribution in [-0.4, -0.2) is 26.7 Å². The Morgan fingerprint density at radius 2 is 2.31 bits per heavy atom. The van der Waals surface area contributed by atoms with Crippen molar-refractivity contribution < 1.29 is 0 Å². The first-order valence-electron chi connectivity index (χ1n) is 5.92. The Morgan fingerprint density at radius 3 is 2.94 bits per heavy atom. The van der Waals surface area contributed by atoms with Gasteiger partial charge in [-0.2, -0.15) is 0 Å². The van der Waals surface area contributed by atoms with Crippen LogP contribution in [0.1, 0.15) is 17.9 Å². The van der Waals surface area contributed by atoms with Gasteiger partial charge in [0.1, 0.15) is 0 Å². The summed E-state index contributed by atoms with van der Waals surface area (Å²) >= 11 is 3.67. The summed E-state index contributed by atoms with van der Waals surface area (Å²) in [5.74, 6) is 1.36. The number of rotatable bonds is 4. The van der Waals surface area contributed by atoms with Crippen molar-refractivity contribution in [1.82, 2.24) is 10.6 Å². The molecule has 2 atom stereocenters. The molecule has 1 aliphatic rings. The predicted molar refractivity (Wildman–Crippen MR) is 71.8 cm³/mol. The molecular formula is C13H19BrN2. The molecule has 1 heterocycles. The van der Waals surface area contributed by atoms with Crippen molar-refractivity contribution in [2.24, 2.45) is 5.92 Å². The molecule has 2 unspecified atom stereocenters. The van der Waals surface area contributed by atoms with Gasteiger partial charge in [-0.15, -0.1) is 0 Å². The van der Waals surface area contributed by atoms with Crippen molar-refractivity contribution in [3.63, 3.8) is 0 Å². The molecule has 1 saturated heterocycles. The maximum atomic E-state index is 3.67. The Bertz CT molecular complexity index is 334. The lowest BCUT2D eigenvalue weighted by Gasteiger charge is -2.24. The van der Waals surface area contributed by atoms with Crippen LogP contribution in [0.2, 0.25) is 0 Å². The van der Waals surface area contributed by atoms with Gasteiger partial charge in [-0.05, 0) is 44.1 Å². The summed E-state index contributed by atoms with van der Waals surface area (Å²) in [7, 11) is 2.03. The van der Waals surface area contributed by atoms with E-state index in [-0.39, 0.29) is 0 Å². The van der Waals surface area contributed by atoms with Gasteiger partial charge in [-0.3, -0.25) is 0 Å². The zero-order valence-corrected chi connectivity index (χ0v) is 11.3. The molecule has 0 aromatic heterocycles. The van der Waals surface area contributed by atoms with Crippen LogP contribution >= 0.6 is 15.9 Å². The molecule has 1 aliphatic heterocycles. The Morgan fingerprint density at radius 1 is 1.50 bits per heavy atom. The fraction of sp³-hybridized carbons (Fsp3) is 0.538. The fourth-order valence-corrected chi connectivity index (χ4v) is 3.13. The Hall–Kier alpha value is -0.380. The molecule has 0 bridgehead atoms. The van der Waals surface area contributed by atoms with Crippen LogP contribution in [0, 0.1) is 5.92 Å². The second-order valence-electron chi connectivity index (χ2n) is 4.44. The molecule has 16 heavy (non-hydrogen) atoms. The van der Waals surface area contributed by atoms with Gasteiger partial charge in [0, 0.05) is 16.9 Å². The first-order valence-corrected chi connectivity index (χ1v) is 6.72. The molecule has 0 saturated carbocycles. The monoisotopic (exact) mass is 282 g/mol. The highest BCUT2D eigenvalue weighted by atomic mass is 79.9. The standard InChI is InChI=1S/C13H19BrN2/c1-15-9-12(10-6-7-16-8-10)11-4-2-3-5-13(11)14/h2-5,10,12,15-16H,6-9H2,1H3. The summed E-state index contributed by atoms with van der Waals surface area (Å²) in [6, 6.07) is 8.59. The van der Waals surface area contributed by atoms with Gasteiger partial charge in [0.25, 0.3) is 0 Å². The molecule has 0 amide bonds. The molecule has 1 fully saturated rings. The summed E-state index contributed by atoms with van der Waals surface area (Å²) in [6.45, 7) is 3.36. The molecule has 1 aromatic carbocycles. The van der Waals surface area contributed by atoms with Gasteiger partial charge in [0.15, 0.2) is 0 Å². The van der Waals surface area contributed by atoms with Crippen molar-refractivity contribution in [1.29, 1.82) is 0 Å². The SMILES string of the molecule is CNCC(c1ccccc1Br)C1CCNC1. The van der Waals surface area contributed by atoms with E-state index >= 15 is 0 Å². The molecule has 0 aliphatic carbocycles. The normalized spacial score (nSPS) is 22.2. The van der Waals surface area contributed by atoms with E-state index in [9.17, 15) is 0 Å². The van der Waals surface area contributed by atoms with Gasteiger partial charge >= 0.3 is 0 Å². The fourth-order valence-electron chi connectivity index (χ4n) is 2.55. The lowest BCUT2D eigenvalue weighted by molar-refractivity contribution is 0.441. The molecule has 3 heteroatoms. The topological polar surface area (TPSA) is 24.1 Å². The zero-order valence-electron chi connectivity index (χ0n) is 9.67. The molecule has 0 radical (unpaired) electrons. The first kappa shape index (κ1) is 12.1. The number of hydrogen-bond acceptors (Lipinski definition) is 2. The maximum Gasteiger partial charge on any atom is 0.0210 e. The summed E-state index contributed by atoms with van der Waals surface area (Å²) in [5.41, 5.74) is 1.44. The van der Waals surface area contributed by atoms with Crippen molar-refractivity contribution in [2.75, 3.05) is 26.7 Å². The third-order valence-electron chi connectivity index (χ3n) is 3.40. The van der Waals surface area contributed by atoms with E-state index in [4.69, 9.17) is 0 Å². The van der Waals surface area contributed by atoms with E-state index in [2.05, 4.69) is 50.8 Å². The van der Waals surface area contributed by atoms with E-state index in [1.54, 1.807) is 0 Å². The van der Waals surface area contributed by atoms with Crippen LogP contribution in [0.4, 0.5) is 0 Å². The number of halogens is 1. The molecule has 1 aromatic rings. The van der Waals surface area contributed by atoms with Crippen molar-refractivity contribution >= 4 is 15.9 Å². The Kier molecular flexibility index (Phi) is 4.38. The zero-order chi connectivity index (χ0) is 11.4. The quantitative estimate of drug-likeness (QED) is 0.886. The average Bonchev–Trinajstić information content (AvgIpc) is 2.80. The molecule has 2 N–H and O–H groups in total. The van der Waals surface area contributed by atoms with Crippen LogP contribution in [0.3, 0.4) is 0 Å². The van der Waals surface area contributed by atoms with Gasteiger partial charge in [-0.1, -0.05) is 34.1 Å². The van der Waals surface area contributed by atoms with E-state index < -0.39 is 0 Å². The van der Waals surface area contributed by atoms with Crippen LogP contribution in [0.25, 0.3) is 0 Å². The third-order valence-corrected chi connectivity index (χ3v) is 4.12. The molecule has 0 spiro atoms. The van der Waals surface area contributed by atoms with Crippen LogP contribution in [0.15, 0.2) is 28.7 Å². The minimum Gasteiger partial charge on any atom is -0.319 e. The van der Waals surface area contributed by atoms with Gasteiger partial charge in [0.05, 0.1) is 0 Å². The van der Waals surface area contributed by atoms with E-state index in [1.807, 2.05) is 7.05 Å². The summed E-state index contributed by atoms with van der Waals surface area (Å²) in [6.07, 6.45) is 1.29. The highest BCUT2D eigenvalue weighted by molar-refractivity contribution is 9.10. The lowest BCUT2D eigenvalue weighted by Crippen LogP contribution is -2.26. The maximum absolute atomic E-state index is 3.67. The van der Waals surface area contributed by atoms with Crippen molar-refractivity contribution in [2.45, 2.75) is 12.3 Å². The second kappa shape index (κ2) is 5.80. The smallest absolute Gasteiger partial charge is 0.0210 e. The predicted octanol–water partition coefficient (Wildman–Crippen LogP) is 2.36. The first-order chi connectivity index (χ1) is 7.83. The largest absolute Gasteiger partial charge is 0.319 e. The minimum atomic E-state index is 0.607. The summed E-state index contributed by atoms with van der Waals surface area (Å²) < 4.78 is 1.24. The second-order valence-corrected chi connectivity index (χ2v) is 5.29. The van der Waals surface area contributed by atoms with Crippen molar-refractivity contribution in [3.8, 4) is 0 Å². The number of hydrogen-bond donors (Lipinski definition) is 2. The van der Waals surface area contributed by atoms with Crippen molar-refractivity contribution in [3.05, 3.63) is 34.3 Å². The number of nitrogens with one attached hydrogen (secondary N) is 2. The van der Waals surface area contributed by atoms with Crippen LogP contribution in [-0.2, 0) is 0 Å². The number of benzene rings is 1. The van der Waals surface area contributed by atoms with E-state index in [1.165, 1.54) is 16.5 Å². The van der Waals surface area contributed by atoms with E-state index in [0.717, 1.165) is 25.6 Å². The number of likely N-dealkylation sites (N-methyl/N-ethyl adjacent to an activating group) is 1. The average molecular weight is 283 g/mol. The summed E-state index contributed by atoms with van der Waals surface area (Å²) in [4.78, 5) is 0. The molecule has 2 nitrogen and oxygen atoms in total. The Labute approximate surface area is 106 Å². The highest BCUT2D eigenvalue weighted by Crippen LogP contribution is 2.32. The Balaban J connectivity index is 2.21.